The van der Waals surface area contributed by atoms with Crippen LogP contribution in [0.15, 0.2) is 42.7 Å². The lowest BCUT2D eigenvalue weighted by atomic mass is 9.96. The summed E-state index contributed by atoms with van der Waals surface area (Å²) in [7, 11) is 1.74. The summed E-state index contributed by atoms with van der Waals surface area (Å²) in [4.78, 5) is 46.9. The number of anilines is 1. The van der Waals surface area contributed by atoms with Crippen molar-refractivity contribution in [2.75, 3.05) is 32.1 Å². The number of aliphatic hydroxyl groups is 1. The van der Waals surface area contributed by atoms with Crippen LogP contribution >= 0.6 is 0 Å². The molecule has 1 aliphatic heterocycles. The molecule has 2 aliphatic rings. The zero-order chi connectivity index (χ0) is 27.9. The second-order valence-corrected chi connectivity index (χ2v) is 10.7. The van der Waals surface area contributed by atoms with Gasteiger partial charge in [-0.3, -0.25) is 14.6 Å². The third-order valence-corrected chi connectivity index (χ3v) is 7.62. The Kier molecular flexibility index (Phi) is 9.40. The largest absolute Gasteiger partial charge is 0.485 e. The predicted molar refractivity (Wildman–Crippen MR) is 148 cm³/mol. The highest BCUT2D eigenvalue weighted by molar-refractivity contribution is 6.07. The first-order chi connectivity index (χ1) is 18.8. The molecule has 0 radical (unpaired) electrons. The first kappa shape index (κ1) is 28.4. The van der Waals surface area contributed by atoms with E-state index in [9.17, 15) is 19.5 Å². The van der Waals surface area contributed by atoms with Crippen molar-refractivity contribution >= 4 is 23.5 Å². The van der Waals surface area contributed by atoms with Gasteiger partial charge < -0.3 is 30.3 Å². The summed E-state index contributed by atoms with van der Waals surface area (Å²) >= 11 is 0. The van der Waals surface area contributed by atoms with E-state index in [1.165, 1.54) is 18.8 Å². The zero-order valence-electron chi connectivity index (χ0n) is 22.9. The molecule has 10 nitrogen and oxygen atoms in total. The average Bonchev–Trinajstić information content (AvgIpc) is 2.95. The van der Waals surface area contributed by atoms with Gasteiger partial charge in [-0.15, -0.1) is 0 Å². The normalized spacial score (nSPS) is 20.6. The van der Waals surface area contributed by atoms with Crippen LogP contribution in [0.4, 0.5) is 10.5 Å². The van der Waals surface area contributed by atoms with Gasteiger partial charge in [-0.2, -0.15) is 0 Å². The van der Waals surface area contributed by atoms with Crippen molar-refractivity contribution in [3.63, 3.8) is 0 Å². The maximum absolute atomic E-state index is 13.6. The first-order valence-corrected chi connectivity index (χ1v) is 13.7. The summed E-state index contributed by atoms with van der Waals surface area (Å²) < 4.78 is 6.50. The number of nitrogens with one attached hydrogen (secondary N) is 2. The lowest BCUT2D eigenvalue weighted by Gasteiger charge is -2.38. The molecular weight excluding hydrogens is 498 g/mol. The van der Waals surface area contributed by atoms with E-state index in [4.69, 9.17) is 4.74 Å². The molecule has 10 heteroatoms. The maximum atomic E-state index is 13.6. The summed E-state index contributed by atoms with van der Waals surface area (Å²) in [5.41, 5.74) is 1.06. The standard InChI is InChI=1S/C29H39N5O5/c1-19-16-34(20(2)18-35)28(37)23-10-7-11-24(32-27(36)21-12-14-30-15-13-21)26(23)39-25(19)17-33(3)29(38)31-22-8-5-4-6-9-22/h7,10-15,19-20,22,25,35H,4-6,8-9,16-18H2,1-3H3,(H,31,38)(H,32,36)/t19-,20+,25-/m1/s1. The van der Waals surface area contributed by atoms with E-state index >= 15 is 0 Å². The third-order valence-electron chi connectivity index (χ3n) is 7.62. The summed E-state index contributed by atoms with van der Waals surface area (Å²) in [6.45, 7) is 4.19. The van der Waals surface area contributed by atoms with E-state index in [2.05, 4.69) is 15.6 Å². The minimum absolute atomic E-state index is 0.157. The molecule has 2 aromatic rings. The fourth-order valence-electron chi connectivity index (χ4n) is 5.14. The molecular formula is C29H39N5O5. The SMILES string of the molecule is C[C@@H]1CN([C@@H](C)CO)C(=O)c2cccc(NC(=O)c3ccncc3)c2O[C@@H]1CN(C)C(=O)NC1CCCCC1. The smallest absolute Gasteiger partial charge is 0.317 e. The maximum Gasteiger partial charge on any atom is 0.317 e. The molecule has 0 spiro atoms. The molecule has 1 aliphatic carbocycles. The molecule has 0 unspecified atom stereocenters. The summed E-state index contributed by atoms with van der Waals surface area (Å²) in [6.07, 6.45) is 8.00. The fourth-order valence-corrected chi connectivity index (χ4v) is 5.14. The van der Waals surface area contributed by atoms with Crippen molar-refractivity contribution < 1.29 is 24.2 Å². The number of hydrogen-bond donors (Lipinski definition) is 3. The number of likely N-dealkylation sites (N-methyl/N-ethyl adjacent to an activating group) is 1. The van der Waals surface area contributed by atoms with Crippen LogP contribution in [0.5, 0.6) is 5.75 Å². The van der Waals surface area contributed by atoms with E-state index < -0.39 is 12.1 Å². The van der Waals surface area contributed by atoms with Crippen molar-refractivity contribution in [1.29, 1.82) is 0 Å². The number of carbonyl (C=O) groups is 3. The quantitative estimate of drug-likeness (QED) is 0.497. The molecule has 4 amide bonds. The summed E-state index contributed by atoms with van der Waals surface area (Å²) in [6, 6.07) is 7.83. The van der Waals surface area contributed by atoms with Gasteiger partial charge >= 0.3 is 6.03 Å². The van der Waals surface area contributed by atoms with Crippen LogP contribution in [0, 0.1) is 5.92 Å². The Labute approximate surface area is 229 Å². The highest BCUT2D eigenvalue weighted by Gasteiger charge is 2.35. The van der Waals surface area contributed by atoms with E-state index in [1.807, 2.05) is 6.92 Å². The number of hydrogen-bond acceptors (Lipinski definition) is 6. The molecule has 0 saturated heterocycles. The monoisotopic (exact) mass is 537 g/mol. The molecule has 3 N–H and O–H groups in total. The van der Waals surface area contributed by atoms with E-state index in [1.54, 1.807) is 54.1 Å². The van der Waals surface area contributed by atoms with Crippen molar-refractivity contribution in [2.45, 2.75) is 64.1 Å². The fraction of sp³-hybridized carbons (Fsp3) is 0.517. The summed E-state index contributed by atoms with van der Waals surface area (Å²) in [5.74, 6) is -0.582. The summed E-state index contributed by atoms with van der Waals surface area (Å²) in [5, 5.41) is 15.9. The van der Waals surface area contributed by atoms with Crippen LogP contribution in [0.2, 0.25) is 0 Å². The number of urea groups is 1. The van der Waals surface area contributed by atoms with Crippen LogP contribution in [0.3, 0.4) is 0 Å². The van der Waals surface area contributed by atoms with Gasteiger partial charge in [0.15, 0.2) is 5.75 Å². The molecule has 1 fully saturated rings. The molecule has 210 valence electrons. The van der Waals surface area contributed by atoms with Gasteiger partial charge in [-0.05, 0) is 44.0 Å². The van der Waals surface area contributed by atoms with E-state index in [0.29, 0.717) is 17.8 Å². The molecule has 3 atom stereocenters. The minimum Gasteiger partial charge on any atom is -0.485 e. The Morgan fingerprint density at radius 3 is 2.59 bits per heavy atom. The van der Waals surface area contributed by atoms with Gasteiger partial charge in [0.1, 0.15) is 6.10 Å². The van der Waals surface area contributed by atoms with Gasteiger partial charge in [0.25, 0.3) is 11.8 Å². The Balaban J connectivity index is 1.62. The van der Waals surface area contributed by atoms with Crippen molar-refractivity contribution in [2.24, 2.45) is 5.92 Å². The second kappa shape index (κ2) is 12.9. The van der Waals surface area contributed by atoms with Crippen LogP contribution in [-0.4, -0.2) is 82.7 Å². The lowest BCUT2D eigenvalue weighted by molar-refractivity contribution is 0.0367. The molecule has 1 aromatic carbocycles. The molecule has 39 heavy (non-hydrogen) atoms. The van der Waals surface area contributed by atoms with Crippen LogP contribution in [0.1, 0.15) is 66.7 Å². The van der Waals surface area contributed by atoms with Gasteiger partial charge in [-0.1, -0.05) is 32.3 Å². The Morgan fingerprint density at radius 2 is 1.90 bits per heavy atom. The van der Waals surface area contributed by atoms with Crippen LogP contribution in [-0.2, 0) is 0 Å². The highest BCUT2D eigenvalue weighted by atomic mass is 16.5. The number of ether oxygens (including phenoxy) is 1. The number of aromatic nitrogens is 1. The number of pyridine rings is 1. The molecule has 1 aromatic heterocycles. The third kappa shape index (κ3) is 6.86. The van der Waals surface area contributed by atoms with Crippen molar-refractivity contribution in [3.8, 4) is 5.75 Å². The molecule has 2 heterocycles. The number of para-hydroxylation sites is 1. The van der Waals surface area contributed by atoms with Crippen LogP contribution in [0.25, 0.3) is 0 Å². The van der Waals surface area contributed by atoms with Gasteiger partial charge in [0.2, 0.25) is 0 Å². The molecule has 1 saturated carbocycles. The Hall–Kier alpha value is -3.66. The number of amides is 4. The topological polar surface area (TPSA) is 124 Å². The zero-order valence-corrected chi connectivity index (χ0v) is 22.9. The minimum atomic E-state index is -0.480. The molecule has 0 bridgehead atoms. The van der Waals surface area contributed by atoms with Gasteiger partial charge in [-0.25, -0.2) is 4.79 Å². The first-order valence-electron chi connectivity index (χ1n) is 13.7. The van der Waals surface area contributed by atoms with E-state index in [0.717, 1.165) is 25.7 Å². The number of carbonyl (C=O) groups excluding carboxylic acids is 3. The number of rotatable bonds is 7. The number of nitrogens with zero attached hydrogens (tertiary/aromatic N) is 3. The van der Waals surface area contributed by atoms with Gasteiger partial charge in [0, 0.05) is 43.5 Å². The number of benzene rings is 1. The lowest BCUT2D eigenvalue weighted by Crippen LogP contribution is -2.52. The molecule has 4 rings (SSSR count). The number of fused-ring (bicyclic) bond motifs is 1. The van der Waals surface area contributed by atoms with Crippen molar-refractivity contribution in [3.05, 3.63) is 53.9 Å². The average molecular weight is 538 g/mol. The number of aliphatic hydroxyl groups excluding tert-OH is 1. The highest BCUT2D eigenvalue weighted by Crippen LogP contribution is 2.35. The van der Waals surface area contributed by atoms with Gasteiger partial charge in [0.05, 0.1) is 30.4 Å². The van der Waals surface area contributed by atoms with E-state index in [-0.39, 0.29) is 54.3 Å². The second-order valence-electron chi connectivity index (χ2n) is 10.7. The van der Waals surface area contributed by atoms with Crippen LogP contribution < -0.4 is 15.4 Å². The van der Waals surface area contributed by atoms with Crippen molar-refractivity contribution in [1.82, 2.24) is 20.1 Å². The Bertz CT molecular complexity index is 1150. The Morgan fingerprint density at radius 1 is 1.18 bits per heavy atom. The predicted octanol–water partition coefficient (Wildman–Crippen LogP) is 3.53.